The predicted octanol–water partition coefficient (Wildman–Crippen LogP) is 6.07. The molecule has 1 N–H and O–H groups in total. The zero-order valence-corrected chi connectivity index (χ0v) is 17.9. The van der Waals surface area contributed by atoms with Crippen molar-refractivity contribution in [3.8, 4) is 0 Å². The van der Waals surface area contributed by atoms with E-state index < -0.39 is 6.04 Å². The second-order valence-electron chi connectivity index (χ2n) is 8.16. The molecule has 4 nitrogen and oxygen atoms in total. The summed E-state index contributed by atoms with van der Waals surface area (Å²) in [5.41, 5.74) is 0. The highest BCUT2D eigenvalue weighted by atomic mass is 16.5. The maximum absolute atomic E-state index is 12.1. The first-order valence-electron chi connectivity index (χ1n) is 11.7. The Balaban J connectivity index is 1.91. The Labute approximate surface area is 167 Å². The minimum atomic E-state index is -0.418. The molecule has 0 aromatic rings. The van der Waals surface area contributed by atoms with Crippen molar-refractivity contribution in [2.75, 3.05) is 0 Å². The monoisotopic (exact) mass is 381 g/mol. The smallest absolute Gasteiger partial charge is 0.328 e. The van der Waals surface area contributed by atoms with E-state index in [9.17, 15) is 9.59 Å². The summed E-state index contributed by atoms with van der Waals surface area (Å²) in [5, 5.41) is 2.69. The molecule has 0 spiro atoms. The van der Waals surface area contributed by atoms with Crippen LogP contribution in [-0.2, 0) is 14.3 Å². The predicted molar refractivity (Wildman–Crippen MR) is 112 cm³/mol. The van der Waals surface area contributed by atoms with Crippen molar-refractivity contribution >= 4 is 11.9 Å². The molecule has 1 amide bonds. The Morgan fingerprint density at radius 1 is 0.926 bits per heavy atom. The summed E-state index contributed by atoms with van der Waals surface area (Å²) < 4.78 is 5.59. The number of unbranched alkanes of at least 4 members (excludes halogenated alkanes) is 12. The molecule has 2 unspecified atom stereocenters. The van der Waals surface area contributed by atoms with Gasteiger partial charge in [0.25, 0.3) is 0 Å². The van der Waals surface area contributed by atoms with Gasteiger partial charge in [0.1, 0.15) is 12.1 Å². The number of hydrogen-bond acceptors (Lipinski definition) is 3. The molecule has 0 aromatic carbocycles. The molecule has 1 rings (SSSR count). The third-order valence-corrected chi connectivity index (χ3v) is 5.65. The summed E-state index contributed by atoms with van der Waals surface area (Å²) in [5.74, 6) is -0.288. The first kappa shape index (κ1) is 24.0. The number of ether oxygens (including phenoxy) is 1. The Hall–Kier alpha value is -1.06. The second-order valence-corrected chi connectivity index (χ2v) is 8.16. The summed E-state index contributed by atoms with van der Waals surface area (Å²) in [6, 6.07) is -0.418. The third kappa shape index (κ3) is 12.1. The Morgan fingerprint density at radius 2 is 1.44 bits per heavy atom. The van der Waals surface area contributed by atoms with E-state index in [1.54, 1.807) is 0 Å². The van der Waals surface area contributed by atoms with Crippen molar-refractivity contribution in [1.82, 2.24) is 5.32 Å². The molecular formula is C23H43NO3. The molecule has 0 aliphatic carbocycles. The fraction of sp³-hybridized carbons (Fsp3) is 0.913. The normalized spacial score (nSPS) is 17.7. The number of carbonyl (C=O) groups excluding carboxylic acids is 2. The van der Waals surface area contributed by atoms with Crippen LogP contribution in [0.4, 0.5) is 0 Å². The summed E-state index contributed by atoms with van der Waals surface area (Å²) in [6.45, 7) is 4.33. The van der Waals surface area contributed by atoms with Crippen LogP contribution < -0.4 is 5.32 Å². The average Bonchev–Trinajstić information content (AvgIpc) is 3.11. The van der Waals surface area contributed by atoms with E-state index in [2.05, 4.69) is 19.2 Å². The lowest BCUT2D eigenvalue weighted by Crippen LogP contribution is -2.36. The van der Waals surface area contributed by atoms with Gasteiger partial charge in [-0.25, -0.2) is 4.79 Å². The van der Waals surface area contributed by atoms with Crippen molar-refractivity contribution in [1.29, 1.82) is 0 Å². The summed E-state index contributed by atoms with van der Waals surface area (Å²) in [4.78, 5) is 23.3. The van der Waals surface area contributed by atoms with Gasteiger partial charge in [0.05, 0.1) is 0 Å². The standard InChI is InChI=1S/C23H43NO3/c1-3-5-6-7-8-9-10-11-12-13-14-15-16-17-20(4-2)27-23(26)21-18-19-22(25)24-21/h20-21H,3-19H2,1-2H3,(H,24,25). The van der Waals surface area contributed by atoms with Gasteiger partial charge in [-0.15, -0.1) is 0 Å². The number of hydrogen-bond donors (Lipinski definition) is 1. The van der Waals surface area contributed by atoms with E-state index in [0.29, 0.717) is 12.8 Å². The first-order valence-corrected chi connectivity index (χ1v) is 11.7. The lowest BCUT2D eigenvalue weighted by Gasteiger charge is -2.18. The van der Waals surface area contributed by atoms with Crippen LogP contribution in [0.15, 0.2) is 0 Å². The summed E-state index contributed by atoms with van der Waals surface area (Å²) in [7, 11) is 0. The molecule has 27 heavy (non-hydrogen) atoms. The van der Waals surface area contributed by atoms with Gasteiger partial charge in [0, 0.05) is 6.42 Å². The minimum Gasteiger partial charge on any atom is -0.461 e. The number of carbonyl (C=O) groups is 2. The van der Waals surface area contributed by atoms with Crippen LogP contribution in [0.5, 0.6) is 0 Å². The van der Waals surface area contributed by atoms with E-state index in [0.717, 1.165) is 19.3 Å². The van der Waals surface area contributed by atoms with Crippen molar-refractivity contribution in [2.24, 2.45) is 0 Å². The van der Waals surface area contributed by atoms with E-state index in [1.807, 2.05) is 0 Å². The highest BCUT2D eigenvalue weighted by molar-refractivity contribution is 5.88. The van der Waals surface area contributed by atoms with Crippen molar-refractivity contribution < 1.29 is 14.3 Å². The van der Waals surface area contributed by atoms with Gasteiger partial charge < -0.3 is 10.1 Å². The molecule has 0 radical (unpaired) electrons. The maximum atomic E-state index is 12.1. The number of nitrogens with one attached hydrogen (secondary N) is 1. The summed E-state index contributed by atoms with van der Waals surface area (Å²) >= 11 is 0. The van der Waals surface area contributed by atoms with Gasteiger partial charge in [0.15, 0.2) is 0 Å². The van der Waals surface area contributed by atoms with E-state index >= 15 is 0 Å². The molecule has 1 aliphatic heterocycles. The quantitative estimate of drug-likeness (QED) is 0.246. The second kappa shape index (κ2) is 15.9. The molecular weight excluding hydrogens is 338 g/mol. The number of rotatable bonds is 17. The van der Waals surface area contributed by atoms with Crippen LogP contribution in [0, 0.1) is 0 Å². The molecule has 4 heteroatoms. The molecule has 0 aromatic heterocycles. The fourth-order valence-corrected chi connectivity index (χ4v) is 3.77. The molecule has 1 saturated heterocycles. The minimum absolute atomic E-state index is 0.00251. The zero-order chi connectivity index (χ0) is 19.7. The van der Waals surface area contributed by atoms with Gasteiger partial charge >= 0.3 is 5.97 Å². The molecule has 0 saturated carbocycles. The molecule has 1 aliphatic rings. The largest absolute Gasteiger partial charge is 0.461 e. The van der Waals surface area contributed by atoms with E-state index in [1.165, 1.54) is 77.0 Å². The fourth-order valence-electron chi connectivity index (χ4n) is 3.77. The highest BCUT2D eigenvalue weighted by Crippen LogP contribution is 2.16. The van der Waals surface area contributed by atoms with Crippen LogP contribution in [0.25, 0.3) is 0 Å². The molecule has 158 valence electrons. The number of esters is 1. The van der Waals surface area contributed by atoms with Crippen molar-refractivity contribution in [2.45, 2.75) is 135 Å². The molecule has 2 atom stereocenters. The molecule has 0 bridgehead atoms. The number of amides is 1. The Bertz CT molecular complexity index is 397. The van der Waals surface area contributed by atoms with E-state index in [4.69, 9.17) is 4.74 Å². The van der Waals surface area contributed by atoms with Gasteiger partial charge in [-0.3, -0.25) is 4.79 Å². The van der Waals surface area contributed by atoms with Crippen molar-refractivity contribution in [3.05, 3.63) is 0 Å². The van der Waals surface area contributed by atoms with Crippen LogP contribution in [0.2, 0.25) is 0 Å². The topological polar surface area (TPSA) is 55.4 Å². The Morgan fingerprint density at radius 3 is 1.89 bits per heavy atom. The van der Waals surface area contributed by atoms with Crippen LogP contribution >= 0.6 is 0 Å². The van der Waals surface area contributed by atoms with Gasteiger partial charge in [0.2, 0.25) is 5.91 Å². The first-order chi connectivity index (χ1) is 13.2. The SMILES string of the molecule is CCCCCCCCCCCCCCCC(CC)OC(=O)C1CCC(=O)N1. The van der Waals surface area contributed by atoms with Gasteiger partial charge in [-0.05, 0) is 25.7 Å². The third-order valence-electron chi connectivity index (χ3n) is 5.65. The maximum Gasteiger partial charge on any atom is 0.328 e. The zero-order valence-electron chi connectivity index (χ0n) is 17.9. The van der Waals surface area contributed by atoms with Crippen LogP contribution in [0.3, 0.4) is 0 Å². The molecule has 1 heterocycles. The average molecular weight is 382 g/mol. The lowest BCUT2D eigenvalue weighted by atomic mass is 10.0. The highest BCUT2D eigenvalue weighted by Gasteiger charge is 2.29. The summed E-state index contributed by atoms with van der Waals surface area (Å²) in [6.07, 6.45) is 20.3. The van der Waals surface area contributed by atoms with Crippen LogP contribution in [-0.4, -0.2) is 24.0 Å². The van der Waals surface area contributed by atoms with E-state index in [-0.39, 0.29) is 18.0 Å². The van der Waals surface area contributed by atoms with Gasteiger partial charge in [-0.1, -0.05) is 90.9 Å². The Kier molecular flexibility index (Phi) is 14.2. The van der Waals surface area contributed by atoms with Gasteiger partial charge in [-0.2, -0.15) is 0 Å². The molecule has 1 fully saturated rings. The van der Waals surface area contributed by atoms with Crippen molar-refractivity contribution in [3.63, 3.8) is 0 Å². The lowest BCUT2D eigenvalue weighted by molar-refractivity contribution is -0.152. The van der Waals surface area contributed by atoms with Crippen LogP contribution in [0.1, 0.15) is 123 Å².